The summed E-state index contributed by atoms with van der Waals surface area (Å²) in [5.74, 6) is 0.373. The van der Waals surface area contributed by atoms with Crippen LogP contribution < -0.4 is 5.73 Å². The van der Waals surface area contributed by atoms with Crippen molar-refractivity contribution in [3.05, 3.63) is 0 Å². The number of nitrogens with two attached hydrogens (primary N) is 1. The van der Waals surface area contributed by atoms with Crippen LogP contribution in [-0.4, -0.2) is 16.3 Å². The average molecular weight is 170 g/mol. The Morgan fingerprint density at radius 2 is 1.67 bits per heavy atom. The molecular weight excluding hydrogens is 157 g/mol. The maximum Gasteiger partial charge on any atom is 0.0726 e. The second-order valence-corrected chi connectivity index (χ2v) is 4.15. The fraction of sp³-hybridized carbons (Fsp3) is 1.00. The molecule has 0 aliphatic carbocycles. The lowest BCUT2D eigenvalue weighted by Crippen LogP contribution is -2.51. The molecule has 0 spiro atoms. The summed E-state index contributed by atoms with van der Waals surface area (Å²) in [6.07, 6.45) is 0. The van der Waals surface area contributed by atoms with Crippen molar-refractivity contribution in [2.24, 2.45) is 5.73 Å². The van der Waals surface area contributed by atoms with Crippen LogP contribution in [0.5, 0.6) is 0 Å². The van der Waals surface area contributed by atoms with E-state index in [4.69, 9.17) is 28.9 Å². The molecule has 0 heterocycles. The molecule has 0 aromatic rings. The molecule has 0 bridgehead atoms. The second-order valence-electron chi connectivity index (χ2n) is 3.05. The van der Waals surface area contributed by atoms with E-state index in [0.717, 1.165) is 0 Å². The molecule has 0 fully saturated rings. The predicted octanol–water partition coefficient (Wildman–Crippen LogP) is 1.96. The third kappa shape index (κ3) is 2.32. The standard InChI is InChI=1S/C6H13Cl2N/c1-5(2,9)6(3,8)4-7/h4,9H2,1-3H3. The third-order valence-corrected chi connectivity index (χ3v) is 2.89. The van der Waals surface area contributed by atoms with Crippen LogP contribution in [0.2, 0.25) is 0 Å². The van der Waals surface area contributed by atoms with Crippen molar-refractivity contribution in [1.82, 2.24) is 0 Å². The molecule has 0 aliphatic heterocycles. The molecule has 9 heavy (non-hydrogen) atoms. The molecular formula is C6H13Cl2N. The van der Waals surface area contributed by atoms with E-state index in [0.29, 0.717) is 5.88 Å². The fourth-order valence-electron chi connectivity index (χ4n) is 0.172. The zero-order valence-electron chi connectivity index (χ0n) is 6.04. The van der Waals surface area contributed by atoms with Crippen LogP contribution in [0.25, 0.3) is 0 Å². The van der Waals surface area contributed by atoms with Gasteiger partial charge in [-0.3, -0.25) is 0 Å². The Balaban J connectivity index is 4.14. The Labute approximate surface area is 66.5 Å². The van der Waals surface area contributed by atoms with Gasteiger partial charge in [0.1, 0.15) is 0 Å². The van der Waals surface area contributed by atoms with Gasteiger partial charge in [0.15, 0.2) is 0 Å². The van der Waals surface area contributed by atoms with Crippen LogP contribution in [-0.2, 0) is 0 Å². The van der Waals surface area contributed by atoms with Gasteiger partial charge < -0.3 is 5.73 Å². The van der Waals surface area contributed by atoms with Crippen molar-refractivity contribution in [1.29, 1.82) is 0 Å². The summed E-state index contributed by atoms with van der Waals surface area (Å²) in [6, 6.07) is 0. The maximum absolute atomic E-state index is 5.94. The summed E-state index contributed by atoms with van der Waals surface area (Å²) in [5, 5.41) is 0. The number of halogens is 2. The molecule has 1 nitrogen and oxygen atoms in total. The van der Waals surface area contributed by atoms with E-state index < -0.39 is 10.4 Å². The summed E-state index contributed by atoms with van der Waals surface area (Å²) < 4.78 is 0. The third-order valence-electron chi connectivity index (χ3n) is 1.59. The van der Waals surface area contributed by atoms with Crippen LogP contribution in [0.3, 0.4) is 0 Å². The van der Waals surface area contributed by atoms with E-state index >= 15 is 0 Å². The van der Waals surface area contributed by atoms with Crippen molar-refractivity contribution in [3.8, 4) is 0 Å². The van der Waals surface area contributed by atoms with Crippen molar-refractivity contribution < 1.29 is 0 Å². The average Bonchev–Trinajstić information content (AvgIpc) is 1.64. The smallest absolute Gasteiger partial charge is 0.0726 e. The Morgan fingerprint density at radius 3 is 1.67 bits per heavy atom. The van der Waals surface area contributed by atoms with Gasteiger partial charge in [0.05, 0.1) is 4.87 Å². The summed E-state index contributed by atoms with van der Waals surface area (Å²) >= 11 is 11.5. The molecule has 0 rings (SSSR count). The van der Waals surface area contributed by atoms with E-state index in [9.17, 15) is 0 Å². The quantitative estimate of drug-likeness (QED) is 0.630. The number of rotatable bonds is 2. The number of hydrogen-bond donors (Lipinski definition) is 1. The van der Waals surface area contributed by atoms with Gasteiger partial charge in [-0.25, -0.2) is 0 Å². The summed E-state index contributed by atoms with van der Waals surface area (Å²) in [6.45, 7) is 5.56. The van der Waals surface area contributed by atoms with Crippen LogP contribution in [0.1, 0.15) is 20.8 Å². The second kappa shape index (κ2) is 2.65. The largest absolute Gasteiger partial charge is 0.324 e. The van der Waals surface area contributed by atoms with Gasteiger partial charge in [-0.05, 0) is 20.8 Å². The lowest BCUT2D eigenvalue weighted by molar-refractivity contribution is 0.408. The van der Waals surface area contributed by atoms with Gasteiger partial charge >= 0.3 is 0 Å². The summed E-state index contributed by atoms with van der Waals surface area (Å²) in [7, 11) is 0. The van der Waals surface area contributed by atoms with E-state index in [-0.39, 0.29) is 0 Å². The first-order chi connectivity index (χ1) is 3.81. The Kier molecular flexibility index (Phi) is 2.81. The van der Waals surface area contributed by atoms with Gasteiger partial charge in [-0.1, -0.05) is 0 Å². The number of alkyl halides is 2. The minimum atomic E-state index is -0.505. The first-order valence-electron chi connectivity index (χ1n) is 2.85. The molecule has 0 amide bonds. The number of hydrogen-bond acceptors (Lipinski definition) is 1. The molecule has 2 N–H and O–H groups in total. The van der Waals surface area contributed by atoms with Crippen LogP contribution >= 0.6 is 23.2 Å². The highest BCUT2D eigenvalue weighted by atomic mass is 35.5. The predicted molar refractivity (Wildman–Crippen MR) is 43.2 cm³/mol. The van der Waals surface area contributed by atoms with Crippen molar-refractivity contribution in [2.75, 3.05) is 5.88 Å². The minimum Gasteiger partial charge on any atom is -0.324 e. The van der Waals surface area contributed by atoms with E-state index in [1.54, 1.807) is 0 Å². The summed E-state index contributed by atoms with van der Waals surface area (Å²) in [4.78, 5) is -0.505. The SMILES string of the molecule is CC(C)(N)C(C)(Cl)CCl. The topological polar surface area (TPSA) is 26.0 Å². The highest BCUT2D eigenvalue weighted by molar-refractivity contribution is 6.31. The highest BCUT2D eigenvalue weighted by Gasteiger charge is 2.34. The molecule has 0 aromatic carbocycles. The highest BCUT2D eigenvalue weighted by Crippen LogP contribution is 2.27. The fourth-order valence-corrected chi connectivity index (χ4v) is 0.517. The molecule has 56 valence electrons. The van der Waals surface area contributed by atoms with E-state index in [1.807, 2.05) is 20.8 Å². The van der Waals surface area contributed by atoms with Crippen LogP contribution in [0.4, 0.5) is 0 Å². The lowest BCUT2D eigenvalue weighted by Gasteiger charge is -2.34. The lowest BCUT2D eigenvalue weighted by atomic mass is 9.91. The molecule has 0 saturated carbocycles. The van der Waals surface area contributed by atoms with Gasteiger partial charge in [0.2, 0.25) is 0 Å². The van der Waals surface area contributed by atoms with E-state index in [2.05, 4.69) is 0 Å². The van der Waals surface area contributed by atoms with Crippen molar-refractivity contribution in [3.63, 3.8) is 0 Å². The van der Waals surface area contributed by atoms with Gasteiger partial charge in [-0.2, -0.15) is 0 Å². The molecule has 0 saturated heterocycles. The molecule has 1 unspecified atom stereocenters. The Bertz CT molecular complexity index is 93.7. The molecule has 3 heteroatoms. The van der Waals surface area contributed by atoms with E-state index in [1.165, 1.54) is 0 Å². The van der Waals surface area contributed by atoms with Gasteiger partial charge in [0, 0.05) is 11.4 Å². The molecule has 1 atom stereocenters. The summed E-state index contributed by atoms with van der Waals surface area (Å²) in [5.41, 5.74) is 5.29. The Morgan fingerprint density at radius 1 is 1.33 bits per heavy atom. The van der Waals surface area contributed by atoms with Crippen molar-refractivity contribution in [2.45, 2.75) is 31.2 Å². The normalized spacial score (nSPS) is 19.3. The molecule has 0 aliphatic rings. The minimum absolute atomic E-state index is 0.373. The first-order valence-corrected chi connectivity index (χ1v) is 3.76. The van der Waals surface area contributed by atoms with Gasteiger partial charge in [-0.15, -0.1) is 23.2 Å². The molecule has 0 aromatic heterocycles. The monoisotopic (exact) mass is 169 g/mol. The van der Waals surface area contributed by atoms with Crippen molar-refractivity contribution >= 4 is 23.2 Å². The Hall–Kier alpha value is 0.540. The van der Waals surface area contributed by atoms with Crippen LogP contribution in [0.15, 0.2) is 0 Å². The maximum atomic E-state index is 5.94. The molecule has 0 radical (unpaired) electrons. The first kappa shape index (κ1) is 9.54. The zero-order valence-corrected chi connectivity index (χ0v) is 7.55. The zero-order chi connectivity index (χ0) is 7.71. The van der Waals surface area contributed by atoms with Crippen LogP contribution in [0, 0.1) is 0 Å². The van der Waals surface area contributed by atoms with Gasteiger partial charge in [0.25, 0.3) is 0 Å².